The van der Waals surface area contributed by atoms with Gasteiger partial charge in [0.25, 0.3) is 0 Å². The lowest BCUT2D eigenvalue weighted by atomic mass is 10.1. The van der Waals surface area contributed by atoms with Gasteiger partial charge in [-0.05, 0) is 18.2 Å². The first kappa shape index (κ1) is 17.5. The van der Waals surface area contributed by atoms with Gasteiger partial charge in [-0.1, -0.05) is 53.7 Å². The van der Waals surface area contributed by atoms with Crippen molar-refractivity contribution in [1.82, 2.24) is 10.1 Å². The minimum absolute atomic E-state index is 0.0130. The van der Waals surface area contributed by atoms with E-state index >= 15 is 0 Å². The molecule has 0 bridgehead atoms. The number of pyridine rings is 1. The maximum absolute atomic E-state index is 12.2. The third-order valence-corrected chi connectivity index (χ3v) is 3.91. The molecular weight excluding hydrogens is 356 g/mol. The van der Waals surface area contributed by atoms with Crippen LogP contribution in [0.4, 0.5) is 0 Å². The molecule has 4 rings (SSSR count). The van der Waals surface area contributed by atoms with Crippen molar-refractivity contribution in [3.63, 3.8) is 0 Å². The van der Waals surface area contributed by atoms with Crippen LogP contribution in [-0.4, -0.2) is 16.1 Å². The van der Waals surface area contributed by atoms with Crippen LogP contribution in [0.1, 0.15) is 16.1 Å². The molecule has 0 unspecified atom stereocenters. The topological polar surface area (TPSA) is 74.5 Å². The summed E-state index contributed by atoms with van der Waals surface area (Å²) in [4.78, 5) is 16.3. The number of nitrogens with zero attached hydrogens (tertiary/aromatic N) is 2. The molecule has 2 heterocycles. The average molecular weight is 372 g/mol. The van der Waals surface area contributed by atoms with Gasteiger partial charge in [0.05, 0.1) is 5.56 Å². The fourth-order valence-corrected chi connectivity index (χ4v) is 2.52. The molecule has 0 fully saturated rings. The molecule has 138 valence electrons. The molecule has 0 aliphatic heterocycles. The van der Waals surface area contributed by atoms with Crippen LogP contribution in [0.2, 0.25) is 0 Å². The van der Waals surface area contributed by atoms with Gasteiger partial charge >= 0.3 is 5.97 Å². The van der Waals surface area contributed by atoms with Crippen LogP contribution in [0.3, 0.4) is 0 Å². The zero-order valence-electron chi connectivity index (χ0n) is 14.8. The third-order valence-electron chi connectivity index (χ3n) is 3.91. The van der Waals surface area contributed by atoms with Gasteiger partial charge in [-0.2, -0.15) is 0 Å². The summed E-state index contributed by atoms with van der Waals surface area (Å²) in [6.07, 6.45) is 1.41. The van der Waals surface area contributed by atoms with Crippen LogP contribution < -0.4 is 4.74 Å². The van der Waals surface area contributed by atoms with Crippen LogP contribution in [0.5, 0.6) is 11.6 Å². The van der Waals surface area contributed by atoms with E-state index < -0.39 is 5.97 Å². The first-order valence-corrected chi connectivity index (χ1v) is 8.65. The Hall–Kier alpha value is -3.93. The van der Waals surface area contributed by atoms with E-state index in [1.165, 1.54) is 6.20 Å². The first-order chi connectivity index (χ1) is 13.8. The van der Waals surface area contributed by atoms with E-state index in [-0.39, 0.29) is 6.61 Å². The van der Waals surface area contributed by atoms with E-state index in [4.69, 9.17) is 14.0 Å². The number of para-hydroxylation sites is 1. The van der Waals surface area contributed by atoms with Crippen LogP contribution in [-0.2, 0) is 11.3 Å². The molecule has 0 aliphatic rings. The number of hydrogen-bond donors (Lipinski definition) is 0. The maximum Gasteiger partial charge on any atom is 0.340 e. The second-order valence-electron chi connectivity index (χ2n) is 5.92. The summed E-state index contributed by atoms with van der Waals surface area (Å²) in [5, 5.41) is 3.99. The number of aromatic nitrogens is 2. The molecule has 0 spiro atoms. The van der Waals surface area contributed by atoms with Crippen molar-refractivity contribution >= 4 is 5.97 Å². The van der Waals surface area contributed by atoms with Crippen molar-refractivity contribution in [2.45, 2.75) is 6.61 Å². The zero-order valence-corrected chi connectivity index (χ0v) is 14.8. The minimum Gasteiger partial charge on any atom is -0.454 e. The Balaban J connectivity index is 1.34. The Morgan fingerprint density at radius 1 is 0.929 bits per heavy atom. The lowest BCUT2D eigenvalue weighted by Crippen LogP contribution is -2.05. The quantitative estimate of drug-likeness (QED) is 0.449. The molecular formula is C22H16N2O4. The van der Waals surface area contributed by atoms with E-state index in [0.717, 1.165) is 5.56 Å². The maximum atomic E-state index is 12.2. The Bertz CT molecular complexity index is 1040. The number of carbonyl (C=O) groups is 1. The molecule has 28 heavy (non-hydrogen) atoms. The molecule has 2 aromatic carbocycles. The molecule has 0 radical (unpaired) electrons. The summed E-state index contributed by atoms with van der Waals surface area (Å²) in [6, 6.07) is 23.9. The molecule has 2 aromatic heterocycles. The number of hydrogen-bond acceptors (Lipinski definition) is 6. The van der Waals surface area contributed by atoms with Gasteiger partial charge in [0.15, 0.2) is 12.4 Å². The summed E-state index contributed by atoms with van der Waals surface area (Å²) in [6.45, 7) is -0.0130. The SMILES string of the molecule is O=C(OCc1cc(-c2ccccc2)no1)c1ccc(Oc2ccccc2)nc1. The first-order valence-electron chi connectivity index (χ1n) is 8.65. The van der Waals surface area contributed by atoms with Gasteiger partial charge in [0.1, 0.15) is 11.4 Å². The number of benzene rings is 2. The smallest absolute Gasteiger partial charge is 0.340 e. The Kier molecular flexibility index (Phi) is 5.11. The number of ether oxygens (including phenoxy) is 2. The number of carbonyl (C=O) groups excluding carboxylic acids is 1. The predicted molar refractivity (Wildman–Crippen MR) is 102 cm³/mol. The summed E-state index contributed by atoms with van der Waals surface area (Å²) < 4.78 is 16.1. The monoisotopic (exact) mass is 372 g/mol. The van der Waals surface area contributed by atoms with Crippen molar-refractivity contribution in [1.29, 1.82) is 0 Å². The van der Waals surface area contributed by atoms with Crippen molar-refractivity contribution in [3.8, 4) is 22.9 Å². The fourth-order valence-electron chi connectivity index (χ4n) is 2.52. The molecule has 0 atom stereocenters. The fraction of sp³-hybridized carbons (Fsp3) is 0.0455. The molecule has 6 heteroatoms. The zero-order chi connectivity index (χ0) is 19.2. The highest BCUT2D eigenvalue weighted by molar-refractivity contribution is 5.89. The Morgan fingerprint density at radius 2 is 1.68 bits per heavy atom. The van der Waals surface area contributed by atoms with Crippen LogP contribution in [0, 0.1) is 0 Å². The van der Waals surface area contributed by atoms with Crippen molar-refractivity contribution in [2.24, 2.45) is 0 Å². The highest BCUT2D eigenvalue weighted by Crippen LogP contribution is 2.20. The highest BCUT2D eigenvalue weighted by atomic mass is 16.5. The van der Waals surface area contributed by atoms with Crippen molar-refractivity contribution < 1.29 is 18.8 Å². The molecule has 0 aliphatic carbocycles. The van der Waals surface area contributed by atoms with Gasteiger partial charge in [0, 0.05) is 23.9 Å². The molecule has 0 N–H and O–H groups in total. The third kappa shape index (κ3) is 4.24. The van der Waals surface area contributed by atoms with Gasteiger partial charge in [-0.15, -0.1) is 0 Å². The molecule has 0 saturated carbocycles. The summed E-state index contributed by atoms with van der Waals surface area (Å²) in [7, 11) is 0. The standard InChI is InChI=1S/C22H16N2O4/c25-22(17-11-12-21(23-14-17)27-18-9-5-2-6-10-18)26-15-19-13-20(24-28-19)16-7-3-1-4-8-16/h1-14H,15H2. The van der Waals surface area contributed by atoms with E-state index in [0.29, 0.717) is 28.6 Å². The second-order valence-corrected chi connectivity index (χ2v) is 5.92. The average Bonchev–Trinajstić information content (AvgIpc) is 3.23. The largest absolute Gasteiger partial charge is 0.454 e. The van der Waals surface area contributed by atoms with E-state index in [2.05, 4.69) is 10.1 Å². The highest BCUT2D eigenvalue weighted by Gasteiger charge is 2.12. The van der Waals surface area contributed by atoms with Gasteiger partial charge < -0.3 is 14.0 Å². The number of rotatable bonds is 6. The van der Waals surface area contributed by atoms with Crippen LogP contribution in [0.25, 0.3) is 11.3 Å². The Labute approximate surface area is 161 Å². The summed E-state index contributed by atoms with van der Waals surface area (Å²) in [5.74, 6) is 1.02. The minimum atomic E-state index is -0.503. The molecule has 6 nitrogen and oxygen atoms in total. The van der Waals surface area contributed by atoms with E-state index in [1.54, 1.807) is 18.2 Å². The number of esters is 1. The lowest BCUT2D eigenvalue weighted by molar-refractivity contribution is 0.0437. The lowest BCUT2D eigenvalue weighted by Gasteiger charge is -2.05. The van der Waals surface area contributed by atoms with Gasteiger partial charge in [-0.3, -0.25) is 0 Å². The molecule has 4 aromatic rings. The van der Waals surface area contributed by atoms with Crippen molar-refractivity contribution in [3.05, 3.63) is 96.4 Å². The molecule has 0 amide bonds. The second kappa shape index (κ2) is 8.18. The van der Waals surface area contributed by atoms with Crippen LogP contribution in [0.15, 0.2) is 89.6 Å². The van der Waals surface area contributed by atoms with Crippen molar-refractivity contribution in [2.75, 3.05) is 0 Å². The van der Waals surface area contributed by atoms with Gasteiger partial charge in [0.2, 0.25) is 5.88 Å². The molecule has 0 saturated heterocycles. The predicted octanol–water partition coefficient (Wildman–Crippen LogP) is 4.89. The van der Waals surface area contributed by atoms with Crippen LogP contribution >= 0.6 is 0 Å². The van der Waals surface area contributed by atoms with E-state index in [9.17, 15) is 4.79 Å². The Morgan fingerprint density at radius 3 is 2.39 bits per heavy atom. The summed E-state index contributed by atoms with van der Waals surface area (Å²) in [5.41, 5.74) is 1.95. The normalized spacial score (nSPS) is 10.4. The van der Waals surface area contributed by atoms with E-state index in [1.807, 2.05) is 60.7 Å². The summed E-state index contributed by atoms with van der Waals surface area (Å²) >= 11 is 0. The van der Waals surface area contributed by atoms with Gasteiger partial charge in [-0.25, -0.2) is 9.78 Å².